The van der Waals surface area contributed by atoms with Crippen LogP contribution in [-0.4, -0.2) is 60.8 Å². The molecule has 0 bridgehead atoms. The Balaban J connectivity index is 1.35. The number of nitrogens with one attached hydrogen (secondary N) is 1. The molecule has 1 saturated heterocycles. The van der Waals surface area contributed by atoms with E-state index in [4.69, 9.17) is 19.2 Å². The van der Waals surface area contributed by atoms with E-state index in [9.17, 15) is 4.79 Å². The molecule has 0 radical (unpaired) electrons. The van der Waals surface area contributed by atoms with Gasteiger partial charge in [-0.05, 0) is 75.5 Å². The third-order valence-electron chi connectivity index (χ3n) is 7.26. The summed E-state index contributed by atoms with van der Waals surface area (Å²) in [5, 5.41) is 2.98. The first kappa shape index (κ1) is 27.9. The van der Waals surface area contributed by atoms with Crippen LogP contribution in [0.4, 0.5) is 0 Å². The number of ether oxygens (including phenoxy) is 3. The minimum absolute atomic E-state index is 0.306. The molecule has 5 rings (SSSR count). The van der Waals surface area contributed by atoms with Crippen molar-refractivity contribution in [1.29, 1.82) is 0 Å². The molecular formula is C32H37N3O4S. The van der Waals surface area contributed by atoms with Crippen LogP contribution in [0.5, 0.6) is 11.5 Å². The molecule has 1 N–H and O–H groups in total. The van der Waals surface area contributed by atoms with E-state index in [1.807, 2.05) is 62.5 Å². The number of methoxy groups -OCH3 is 1. The van der Waals surface area contributed by atoms with Gasteiger partial charge in [0.25, 0.3) is 0 Å². The summed E-state index contributed by atoms with van der Waals surface area (Å²) in [5.41, 5.74) is 6.27. The van der Waals surface area contributed by atoms with Crippen molar-refractivity contribution in [1.82, 2.24) is 14.9 Å². The number of aromatic amines is 1. The Labute approximate surface area is 240 Å². The van der Waals surface area contributed by atoms with Gasteiger partial charge < -0.3 is 24.1 Å². The number of rotatable bonds is 11. The predicted molar refractivity (Wildman–Crippen MR) is 160 cm³/mol. The Morgan fingerprint density at radius 3 is 2.38 bits per heavy atom. The minimum Gasteiger partial charge on any atom is -0.490 e. The summed E-state index contributed by atoms with van der Waals surface area (Å²) in [6.45, 7) is 8.30. The topological polar surface area (TPSA) is 76.7 Å². The Kier molecular flexibility index (Phi) is 9.19. The normalized spacial score (nSPS) is 13.8. The summed E-state index contributed by atoms with van der Waals surface area (Å²) >= 11 is 1.60. The lowest BCUT2D eigenvalue weighted by Crippen LogP contribution is -2.31. The quantitative estimate of drug-likeness (QED) is 0.198. The van der Waals surface area contributed by atoms with Crippen LogP contribution in [0.15, 0.2) is 54.0 Å². The molecule has 7 nitrogen and oxygen atoms in total. The maximum absolute atomic E-state index is 12.8. The summed E-state index contributed by atoms with van der Waals surface area (Å²) in [6, 6.07) is 14.1. The number of carbonyl (C=O) groups excluding carboxylic acids is 1. The number of piperidine rings is 1. The third kappa shape index (κ3) is 6.24. The Bertz CT molecular complexity index is 1420. The molecule has 0 unspecified atom stereocenters. The highest BCUT2D eigenvalue weighted by molar-refractivity contribution is 7.13. The lowest BCUT2D eigenvalue weighted by molar-refractivity contribution is 0.0600. The monoisotopic (exact) mass is 559 g/mol. The van der Waals surface area contributed by atoms with Gasteiger partial charge in [-0.1, -0.05) is 30.7 Å². The molecule has 8 heteroatoms. The number of benzene rings is 2. The average Bonchev–Trinajstić information content (AvgIpc) is 3.66. The molecule has 1 fully saturated rings. The van der Waals surface area contributed by atoms with E-state index in [2.05, 4.69) is 15.3 Å². The lowest BCUT2D eigenvalue weighted by Gasteiger charge is -2.26. The predicted octanol–water partition coefficient (Wildman–Crippen LogP) is 7.08. The van der Waals surface area contributed by atoms with Gasteiger partial charge in [0.05, 0.1) is 37.3 Å². The molecule has 0 amide bonds. The van der Waals surface area contributed by atoms with Crippen molar-refractivity contribution >= 4 is 17.3 Å². The Morgan fingerprint density at radius 2 is 1.65 bits per heavy atom. The molecule has 40 heavy (non-hydrogen) atoms. The third-order valence-corrected chi connectivity index (χ3v) is 8.15. The second-order valence-electron chi connectivity index (χ2n) is 9.85. The van der Waals surface area contributed by atoms with Gasteiger partial charge >= 0.3 is 5.97 Å². The Morgan fingerprint density at radius 1 is 0.950 bits per heavy atom. The fourth-order valence-corrected chi connectivity index (χ4v) is 6.04. The number of hydrogen-bond donors (Lipinski definition) is 1. The zero-order valence-corrected chi connectivity index (χ0v) is 24.3. The molecule has 4 aromatic rings. The van der Waals surface area contributed by atoms with Crippen molar-refractivity contribution in [2.45, 2.75) is 39.5 Å². The number of thiazole rings is 1. The van der Waals surface area contributed by atoms with Gasteiger partial charge in [0, 0.05) is 29.2 Å². The summed E-state index contributed by atoms with van der Waals surface area (Å²) in [5.74, 6) is 1.16. The first-order chi connectivity index (χ1) is 19.6. The number of carbonyl (C=O) groups is 1. The van der Waals surface area contributed by atoms with Gasteiger partial charge in [-0.15, -0.1) is 11.3 Å². The first-order valence-corrected chi connectivity index (χ1v) is 15.0. The molecule has 3 heterocycles. The van der Waals surface area contributed by atoms with Crippen LogP contribution in [0, 0.1) is 0 Å². The smallest absolute Gasteiger partial charge is 0.340 e. The van der Waals surface area contributed by atoms with E-state index < -0.39 is 0 Å². The fourth-order valence-electron chi connectivity index (χ4n) is 5.22. The highest BCUT2D eigenvalue weighted by Gasteiger charge is 2.22. The highest BCUT2D eigenvalue weighted by Crippen LogP contribution is 2.36. The van der Waals surface area contributed by atoms with Gasteiger partial charge in [-0.2, -0.15) is 0 Å². The number of aromatic nitrogens is 2. The van der Waals surface area contributed by atoms with Crippen LogP contribution < -0.4 is 9.47 Å². The lowest BCUT2D eigenvalue weighted by atomic mass is 10.0. The van der Waals surface area contributed by atoms with E-state index >= 15 is 0 Å². The highest BCUT2D eigenvalue weighted by atomic mass is 32.1. The van der Waals surface area contributed by atoms with Crippen LogP contribution in [0.3, 0.4) is 0 Å². The van der Waals surface area contributed by atoms with Gasteiger partial charge in [0.1, 0.15) is 5.01 Å². The second-order valence-corrected chi connectivity index (χ2v) is 10.7. The molecule has 0 saturated carbocycles. The molecule has 2 aromatic heterocycles. The van der Waals surface area contributed by atoms with E-state index in [0.717, 1.165) is 76.2 Å². The molecule has 210 valence electrons. The average molecular weight is 560 g/mol. The number of nitrogens with zero attached hydrogens (tertiary/aromatic N) is 2. The van der Waals surface area contributed by atoms with Gasteiger partial charge in [-0.3, -0.25) is 0 Å². The SMILES string of the molecule is CCOc1ccc(-c2nc(-c3ccc(-c4[nH]cc(CCN5CCCCC5)c4C(=O)OC)cc3)cs2)cc1OCC. The first-order valence-electron chi connectivity index (χ1n) is 14.1. The minimum atomic E-state index is -0.306. The summed E-state index contributed by atoms with van der Waals surface area (Å²) in [4.78, 5) is 23.5. The summed E-state index contributed by atoms with van der Waals surface area (Å²) in [6.07, 6.45) is 6.59. The van der Waals surface area contributed by atoms with E-state index in [1.165, 1.54) is 26.4 Å². The standard InChI is InChI=1S/C32H37N3O4S/c1-4-38-27-14-13-24(19-28(27)39-5-2)31-34-26(21-40-31)22-9-11-23(12-10-22)30-29(32(36)37-3)25(20-33-30)15-18-35-16-7-6-8-17-35/h9-14,19-21,33H,4-8,15-18H2,1-3H3. The molecule has 1 aliphatic heterocycles. The molecule has 0 spiro atoms. The van der Waals surface area contributed by atoms with Crippen LogP contribution in [0.2, 0.25) is 0 Å². The van der Waals surface area contributed by atoms with Crippen LogP contribution in [0.1, 0.15) is 49.0 Å². The largest absolute Gasteiger partial charge is 0.490 e. The van der Waals surface area contributed by atoms with Crippen LogP contribution >= 0.6 is 11.3 Å². The van der Waals surface area contributed by atoms with E-state index in [0.29, 0.717) is 18.8 Å². The molecule has 0 aliphatic carbocycles. The summed E-state index contributed by atoms with van der Waals surface area (Å²) in [7, 11) is 1.44. The van der Waals surface area contributed by atoms with Crippen molar-refractivity contribution in [3.8, 4) is 44.6 Å². The second kappa shape index (κ2) is 13.2. The summed E-state index contributed by atoms with van der Waals surface area (Å²) < 4.78 is 16.7. The van der Waals surface area contributed by atoms with Crippen LogP contribution in [0.25, 0.3) is 33.1 Å². The Hall–Kier alpha value is -3.62. The molecule has 2 aromatic carbocycles. The zero-order chi connectivity index (χ0) is 27.9. The molecule has 1 aliphatic rings. The van der Waals surface area contributed by atoms with Crippen molar-refractivity contribution < 1.29 is 19.0 Å². The van der Waals surface area contributed by atoms with Crippen molar-refractivity contribution in [3.63, 3.8) is 0 Å². The number of likely N-dealkylation sites (tertiary alicyclic amines) is 1. The number of esters is 1. The van der Waals surface area contributed by atoms with Crippen molar-refractivity contribution in [3.05, 3.63) is 65.2 Å². The van der Waals surface area contributed by atoms with E-state index in [-0.39, 0.29) is 5.97 Å². The number of hydrogen-bond acceptors (Lipinski definition) is 7. The maximum atomic E-state index is 12.8. The van der Waals surface area contributed by atoms with Gasteiger partial charge in [0.15, 0.2) is 11.5 Å². The molecule has 0 atom stereocenters. The van der Waals surface area contributed by atoms with Crippen molar-refractivity contribution in [2.75, 3.05) is 40.0 Å². The van der Waals surface area contributed by atoms with Gasteiger partial charge in [-0.25, -0.2) is 9.78 Å². The zero-order valence-electron chi connectivity index (χ0n) is 23.5. The molecular weight excluding hydrogens is 522 g/mol. The van der Waals surface area contributed by atoms with E-state index in [1.54, 1.807) is 11.3 Å². The van der Waals surface area contributed by atoms with Crippen molar-refractivity contribution in [2.24, 2.45) is 0 Å². The fraction of sp³-hybridized carbons (Fsp3) is 0.375. The number of H-pyrrole nitrogens is 1. The van der Waals surface area contributed by atoms with Gasteiger partial charge in [0.2, 0.25) is 0 Å². The van der Waals surface area contributed by atoms with Crippen LogP contribution in [-0.2, 0) is 11.2 Å². The maximum Gasteiger partial charge on any atom is 0.340 e.